The van der Waals surface area contributed by atoms with E-state index in [1.54, 1.807) is 23.7 Å². The van der Waals surface area contributed by atoms with E-state index in [1.807, 2.05) is 17.5 Å². The Morgan fingerprint density at radius 3 is 2.80 bits per heavy atom. The van der Waals surface area contributed by atoms with E-state index in [9.17, 15) is 9.59 Å². The maximum absolute atomic E-state index is 11.5. The maximum atomic E-state index is 11.5. The smallest absolute Gasteiger partial charge is 0.239 e. The number of pyridine rings is 1. The van der Waals surface area contributed by atoms with Gasteiger partial charge in [-0.15, -0.1) is 0 Å². The van der Waals surface area contributed by atoms with Crippen LogP contribution in [-0.4, -0.2) is 23.3 Å². The van der Waals surface area contributed by atoms with Gasteiger partial charge in [0.25, 0.3) is 0 Å². The number of hydrogen-bond acceptors (Lipinski definition) is 4. The molecule has 0 fully saturated rings. The van der Waals surface area contributed by atoms with Crippen LogP contribution in [0, 0.1) is 0 Å². The Balaban J connectivity index is 1.92. The van der Waals surface area contributed by atoms with Gasteiger partial charge in [0, 0.05) is 31.4 Å². The van der Waals surface area contributed by atoms with Crippen LogP contribution in [0.25, 0.3) is 11.1 Å². The Hall–Kier alpha value is -2.21. The average molecular weight is 289 g/mol. The first-order valence-electron chi connectivity index (χ1n) is 6.13. The zero-order valence-corrected chi connectivity index (χ0v) is 11.9. The maximum Gasteiger partial charge on any atom is 0.239 e. The third-order valence-corrected chi connectivity index (χ3v) is 3.32. The number of carbonyl (C=O) groups is 2. The van der Waals surface area contributed by atoms with Gasteiger partial charge < -0.3 is 10.6 Å². The number of aromatic nitrogens is 1. The fourth-order valence-corrected chi connectivity index (χ4v) is 2.30. The lowest BCUT2D eigenvalue weighted by Crippen LogP contribution is -2.35. The first kappa shape index (κ1) is 14.2. The Morgan fingerprint density at radius 2 is 2.10 bits per heavy atom. The molecule has 0 unspecified atom stereocenters. The highest BCUT2D eigenvalue weighted by atomic mass is 32.1. The van der Waals surface area contributed by atoms with Gasteiger partial charge in [0.1, 0.15) is 0 Å². The largest absolute Gasteiger partial charge is 0.350 e. The van der Waals surface area contributed by atoms with Crippen LogP contribution >= 0.6 is 11.3 Å². The Kier molecular flexibility index (Phi) is 4.84. The lowest BCUT2D eigenvalue weighted by atomic mass is 10.1. The molecule has 0 saturated heterocycles. The quantitative estimate of drug-likeness (QED) is 0.877. The molecule has 20 heavy (non-hydrogen) atoms. The normalized spacial score (nSPS) is 10.1. The summed E-state index contributed by atoms with van der Waals surface area (Å²) < 4.78 is 0. The lowest BCUT2D eigenvalue weighted by Gasteiger charge is -2.06. The van der Waals surface area contributed by atoms with Crippen molar-refractivity contribution in [1.82, 2.24) is 15.6 Å². The topological polar surface area (TPSA) is 71.1 Å². The molecule has 2 aromatic rings. The third-order valence-electron chi connectivity index (χ3n) is 2.64. The van der Waals surface area contributed by atoms with Gasteiger partial charge in [-0.25, -0.2) is 0 Å². The summed E-state index contributed by atoms with van der Waals surface area (Å²) in [5, 5.41) is 9.25. The summed E-state index contributed by atoms with van der Waals surface area (Å²) in [6.45, 7) is 1.76. The Labute approximate surface area is 121 Å². The molecule has 2 heterocycles. The highest BCUT2D eigenvalue weighted by Gasteiger charge is 2.04. The average Bonchev–Trinajstić information content (AvgIpc) is 2.97. The molecule has 0 aromatic carbocycles. The van der Waals surface area contributed by atoms with E-state index in [2.05, 4.69) is 21.0 Å². The minimum atomic E-state index is -0.221. The number of carbonyl (C=O) groups excluding carboxylic acids is 2. The summed E-state index contributed by atoms with van der Waals surface area (Å²) in [7, 11) is 0. The molecule has 2 rings (SSSR count). The van der Waals surface area contributed by atoms with Crippen molar-refractivity contribution >= 4 is 23.2 Å². The lowest BCUT2D eigenvalue weighted by molar-refractivity contribution is -0.125. The van der Waals surface area contributed by atoms with Gasteiger partial charge in [0.2, 0.25) is 11.8 Å². The number of thiophene rings is 1. The molecule has 0 aliphatic heterocycles. The molecule has 0 bridgehead atoms. The van der Waals surface area contributed by atoms with Crippen LogP contribution in [0.1, 0.15) is 12.5 Å². The second-order valence-corrected chi connectivity index (χ2v) is 5.06. The van der Waals surface area contributed by atoms with Gasteiger partial charge >= 0.3 is 0 Å². The first-order valence-corrected chi connectivity index (χ1v) is 7.07. The van der Waals surface area contributed by atoms with E-state index in [-0.39, 0.29) is 18.4 Å². The molecule has 2 amide bonds. The number of rotatable bonds is 5. The highest BCUT2D eigenvalue weighted by Crippen LogP contribution is 2.21. The summed E-state index contributed by atoms with van der Waals surface area (Å²) in [6, 6.07) is 4.02. The Bertz CT molecular complexity index is 596. The molecule has 104 valence electrons. The monoisotopic (exact) mass is 289 g/mol. The van der Waals surface area contributed by atoms with Crippen molar-refractivity contribution in [3.8, 4) is 11.1 Å². The van der Waals surface area contributed by atoms with Gasteiger partial charge in [-0.1, -0.05) is 0 Å². The molecule has 2 N–H and O–H groups in total. The fourth-order valence-electron chi connectivity index (χ4n) is 1.64. The van der Waals surface area contributed by atoms with Gasteiger partial charge in [-0.05, 0) is 34.0 Å². The molecule has 6 heteroatoms. The SMILES string of the molecule is CC(=O)NCC(=O)NCc1cncc(-c2ccsc2)c1. The van der Waals surface area contributed by atoms with Crippen LogP contribution in [0.15, 0.2) is 35.3 Å². The highest BCUT2D eigenvalue weighted by molar-refractivity contribution is 7.08. The van der Waals surface area contributed by atoms with E-state index >= 15 is 0 Å². The molecule has 0 spiro atoms. The van der Waals surface area contributed by atoms with E-state index in [0.29, 0.717) is 6.54 Å². The van der Waals surface area contributed by atoms with Crippen molar-refractivity contribution in [2.75, 3.05) is 6.54 Å². The van der Waals surface area contributed by atoms with Crippen molar-refractivity contribution in [3.05, 3.63) is 40.8 Å². The first-order chi connectivity index (χ1) is 9.65. The fraction of sp³-hybridized carbons (Fsp3) is 0.214. The minimum absolute atomic E-state index is 0.00696. The number of nitrogens with one attached hydrogen (secondary N) is 2. The zero-order chi connectivity index (χ0) is 14.4. The summed E-state index contributed by atoms with van der Waals surface area (Å²) in [4.78, 5) is 26.4. The van der Waals surface area contributed by atoms with Gasteiger partial charge in [0.05, 0.1) is 6.54 Å². The van der Waals surface area contributed by atoms with Crippen molar-refractivity contribution in [2.24, 2.45) is 0 Å². The molecule has 0 atom stereocenters. The predicted molar refractivity (Wildman–Crippen MR) is 78.1 cm³/mol. The van der Waals surface area contributed by atoms with Crippen molar-refractivity contribution in [3.63, 3.8) is 0 Å². The molecular weight excluding hydrogens is 274 g/mol. The van der Waals surface area contributed by atoms with Crippen molar-refractivity contribution in [2.45, 2.75) is 13.5 Å². The number of amides is 2. The van der Waals surface area contributed by atoms with Gasteiger partial charge in [-0.3, -0.25) is 14.6 Å². The van der Waals surface area contributed by atoms with E-state index in [1.165, 1.54) is 6.92 Å². The molecule has 5 nitrogen and oxygen atoms in total. The standard InChI is InChI=1S/C14H15N3O2S/c1-10(18)16-8-14(19)17-6-11-4-13(7-15-5-11)12-2-3-20-9-12/h2-5,7,9H,6,8H2,1H3,(H,16,18)(H,17,19). The van der Waals surface area contributed by atoms with E-state index in [4.69, 9.17) is 0 Å². The molecular formula is C14H15N3O2S. The van der Waals surface area contributed by atoms with Crippen LogP contribution in [0.5, 0.6) is 0 Å². The third kappa shape index (κ3) is 4.17. The van der Waals surface area contributed by atoms with Crippen molar-refractivity contribution in [1.29, 1.82) is 0 Å². The van der Waals surface area contributed by atoms with Crippen molar-refractivity contribution < 1.29 is 9.59 Å². The van der Waals surface area contributed by atoms with E-state index in [0.717, 1.165) is 16.7 Å². The van der Waals surface area contributed by atoms with Crippen LogP contribution in [0.2, 0.25) is 0 Å². The summed E-state index contributed by atoms with van der Waals surface area (Å²) in [5.41, 5.74) is 3.07. The number of nitrogens with zero attached hydrogens (tertiary/aromatic N) is 1. The Morgan fingerprint density at radius 1 is 1.25 bits per heavy atom. The van der Waals surface area contributed by atoms with Gasteiger partial charge in [0.15, 0.2) is 0 Å². The molecule has 0 radical (unpaired) electrons. The molecule has 0 aliphatic rings. The predicted octanol–water partition coefficient (Wildman–Crippen LogP) is 1.56. The number of hydrogen-bond donors (Lipinski definition) is 2. The van der Waals surface area contributed by atoms with Crippen LogP contribution in [0.3, 0.4) is 0 Å². The van der Waals surface area contributed by atoms with E-state index < -0.39 is 0 Å². The summed E-state index contributed by atoms with van der Waals surface area (Å²) in [5.74, 6) is -0.442. The molecule has 0 saturated carbocycles. The van der Waals surface area contributed by atoms with Crippen LogP contribution in [-0.2, 0) is 16.1 Å². The van der Waals surface area contributed by atoms with Crippen LogP contribution in [0.4, 0.5) is 0 Å². The second kappa shape index (κ2) is 6.81. The zero-order valence-electron chi connectivity index (χ0n) is 11.1. The van der Waals surface area contributed by atoms with Crippen LogP contribution < -0.4 is 10.6 Å². The summed E-state index contributed by atoms with van der Waals surface area (Å²) in [6.07, 6.45) is 3.51. The minimum Gasteiger partial charge on any atom is -0.350 e. The summed E-state index contributed by atoms with van der Waals surface area (Å²) >= 11 is 1.63. The molecule has 2 aromatic heterocycles. The van der Waals surface area contributed by atoms with Gasteiger partial charge in [-0.2, -0.15) is 11.3 Å². The second-order valence-electron chi connectivity index (χ2n) is 4.28. The molecule has 0 aliphatic carbocycles.